The number of carbonyl (C=O) groups excluding carboxylic acids is 2. The smallest absolute Gasteiger partial charge is 0.348 e. The first kappa shape index (κ1) is 20.6. The number of hydrogen-bond donors (Lipinski definition) is 1. The topological polar surface area (TPSA) is 74.2 Å². The van der Waals surface area contributed by atoms with E-state index in [4.69, 9.17) is 4.74 Å². The molecule has 0 saturated heterocycles. The van der Waals surface area contributed by atoms with Gasteiger partial charge in [-0.3, -0.25) is 9.69 Å². The number of aryl methyl sites for hydroxylation is 1. The van der Waals surface area contributed by atoms with Crippen molar-refractivity contribution in [2.45, 2.75) is 19.4 Å². The summed E-state index contributed by atoms with van der Waals surface area (Å²) in [5.41, 5.74) is 2.03. The lowest BCUT2D eigenvalue weighted by atomic mass is 10.1. The van der Waals surface area contributed by atoms with Crippen LogP contribution in [-0.2, 0) is 22.5 Å². The Labute approximate surface area is 179 Å². The van der Waals surface area contributed by atoms with Crippen molar-refractivity contribution < 1.29 is 18.7 Å². The van der Waals surface area contributed by atoms with Gasteiger partial charge in [-0.2, -0.15) is 0 Å². The highest BCUT2D eigenvalue weighted by Crippen LogP contribution is 2.18. The Hall–Kier alpha value is -3.68. The Morgan fingerprint density at radius 3 is 2.61 bits per heavy atom. The number of amidine groups is 1. The number of nitrogens with zero attached hydrogens (tertiary/aromatic N) is 3. The maximum atomic E-state index is 13.1. The number of rotatable bonds is 7. The van der Waals surface area contributed by atoms with Gasteiger partial charge in [0.15, 0.2) is 0 Å². The molecule has 1 N–H and O–H groups in total. The molecular weight excluding hydrogens is 399 g/mol. The zero-order valence-corrected chi connectivity index (χ0v) is 17.0. The maximum absolute atomic E-state index is 13.1. The number of halogens is 1. The van der Waals surface area contributed by atoms with Gasteiger partial charge in [0, 0.05) is 26.2 Å². The van der Waals surface area contributed by atoms with E-state index in [-0.39, 0.29) is 23.5 Å². The van der Waals surface area contributed by atoms with Crippen molar-refractivity contribution in [1.82, 2.24) is 15.1 Å². The van der Waals surface area contributed by atoms with Gasteiger partial charge in [-0.1, -0.05) is 42.5 Å². The molecule has 2 heterocycles. The number of amides is 3. The van der Waals surface area contributed by atoms with E-state index < -0.39 is 6.03 Å². The summed E-state index contributed by atoms with van der Waals surface area (Å²) in [5, 5.41) is 2.84. The maximum Gasteiger partial charge on any atom is 0.348 e. The molecule has 0 spiro atoms. The van der Waals surface area contributed by atoms with E-state index in [1.54, 1.807) is 28.1 Å². The van der Waals surface area contributed by atoms with Gasteiger partial charge < -0.3 is 15.0 Å². The lowest BCUT2D eigenvalue weighted by Crippen LogP contribution is -2.32. The molecule has 4 rings (SSSR count). The highest BCUT2D eigenvalue weighted by Gasteiger charge is 2.31. The van der Waals surface area contributed by atoms with E-state index in [0.717, 1.165) is 18.4 Å². The second-order valence-corrected chi connectivity index (χ2v) is 7.36. The first-order chi connectivity index (χ1) is 15.1. The second-order valence-electron chi connectivity index (χ2n) is 7.36. The molecule has 160 valence electrons. The fraction of sp³-hybridized carbons (Fsp3) is 0.261. The van der Waals surface area contributed by atoms with Crippen LogP contribution in [0.5, 0.6) is 0 Å². The van der Waals surface area contributed by atoms with E-state index in [2.05, 4.69) is 22.4 Å². The molecular formula is C23H23FN4O3. The summed E-state index contributed by atoms with van der Waals surface area (Å²) in [5.74, 6) is -0.533. The SMILES string of the molecule is O=C(NCCCc1ccccc1)C1=CN2CCN(Cc3ccc(F)cc3)C(=O)N=C2O1. The Morgan fingerprint density at radius 2 is 1.84 bits per heavy atom. The van der Waals surface area contributed by atoms with Crippen LogP contribution in [0.1, 0.15) is 17.5 Å². The van der Waals surface area contributed by atoms with Crippen molar-refractivity contribution in [1.29, 1.82) is 0 Å². The van der Waals surface area contributed by atoms with Crippen LogP contribution in [0.2, 0.25) is 0 Å². The molecule has 2 aliphatic heterocycles. The number of benzene rings is 2. The van der Waals surface area contributed by atoms with Gasteiger partial charge in [0.2, 0.25) is 5.76 Å². The summed E-state index contributed by atoms with van der Waals surface area (Å²) in [6.07, 6.45) is 3.25. The largest absolute Gasteiger partial charge is 0.418 e. The van der Waals surface area contributed by atoms with Crippen LogP contribution >= 0.6 is 0 Å². The summed E-state index contributed by atoms with van der Waals surface area (Å²) in [7, 11) is 0. The van der Waals surface area contributed by atoms with E-state index in [0.29, 0.717) is 26.2 Å². The molecule has 0 bridgehead atoms. The molecule has 7 nitrogen and oxygen atoms in total. The monoisotopic (exact) mass is 422 g/mol. The average molecular weight is 422 g/mol. The number of carbonyl (C=O) groups is 2. The lowest BCUT2D eigenvalue weighted by molar-refractivity contribution is -0.119. The van der Waals surface area contributed by atoms with Gasteiger partial charge in [0.1, 0.15) is 5.82 Å². The van der Waals surface area contributed by atoms with Gasteiger partial charge in [-0.25, -0.2) is 9.18 Å². The van der Waals surface area contributed by atoms with Crippen molar-refractivity contribution in [2.24, 2.45) is 4.99 Å². The number of hydrogen-bond acceptors (Lipinski definition) is 4. The minimum absolute atomic E-state index is 0.0982. The van der Waals surface area contributed by atoms with Crippen LogP contribution in [0, 0.1) is 5.82 Å². The van der Waals surface area contributed by atoms with Gasteiger partial charge in [0.25, 0.3) is 5.91 Å². The minimum atomic E-state index is -0.459. The van der Waals surface area contributed by atoms with Gasteiger partial charge in [-0.05, 0) is 36.1 Å². The number of aliphatic imine (C=N–C) groups is 1. The molecule has 2 aromatic rings. The predicted molar refractivity (Wildman–Crippen MR) is 113 cm³/mol. The van der Waals surface area contributed by atoms with E-state index in [9.17, 15) is 14.0 Å². The van der Waals surface area contributed by atoms with E-state index in [1.807, 2.05) is 18.2 Å². The van der Waals surface area contributed by atoms with E-state index in [1.165, 1.54) is 17.7 Å². The molecule has 0 aromatic heterocycles. The van der Waals surface area contributed by atoms with Gasteiger partial charge in [0.05, 0.1) is 6.20 Å². The minimum Gasteiger partial charge on any atom is -0.418 e. The fourth-order valence-electron chi connectivity index (χ4n) is 3.39. The molecule has 8 heteroatoms. The molecule has 0 saturated carbocycles. The summed E-state index contributed by atoms with van der Waals surface area (Å²) in [6, 6.07) is 15.7. The third-order valence-electron chi connectivity index (χ3n) is 5.07. The van der Waals surface area contributed by atoms with Crippen LogP contribution in [0.4, 0.5) is 9.18 Å². The van der Waals surface area contributed by atoms with Crippen molar-refractivity contribution in [3.05, 3.63) is 83.5 Å². The zero-order valence-electron chi connectivity index (χ0n) is 17.0. The van der Waals surface area contributed by atoms with Crippen LogP contribution in [-0.4, -0.2) is 47.4 Å². The molecule has 0 atom stereocenters. The highest BCUT2D eigenvalue weighted by atomic mass is 19.1. The third kappa shape index (κ3) is 5.28. The van der Waals surface area contributed by atoms with Crippen LogP contribution < -0.4 is 5.32 Å². The number of ether oxygens (including phenoxy) is 1. The van der Waals surface area contributed by atoms with Gasteiger partial charge in [-0.15, -0.1) is 4.99 Å². The molecule has 0 aliphatic carbocycles. The van der Waals surface area contributed by atoms with Crippen molar-refractivity contribution in [3.8, 4) is 0 Å². The number of fused-ring (bicyclic) bond motifs is 1. The fourth-order valence-corrected chi connectivity index (χ4v) is 3.39. The number of urea groups is 1. The predicted octanol–water partition coefficient (Wildman–Crippen LogP) is 3.04. The second kappa shape index (κ2) is 9.42. The molecule has 0 radical (unpaired) electrons. The summed E-state index contributed by atoms with van der Waals surface area (Å²) in [4.78, 5) is 32.1. The Morgan fingerprint density at radius 1 is 1.06 bits per heavy atom. The first-order valence-corrected chi connectivity index (χ1v) is 10.2. The van der Waals surface area contributed by atoms with Crippen molar-refractivity contribution in [2.75, 3.05) is 19.6 Å². The van der Waals surface area contributed by atoms with Crippen molar-refractivity contribution >= 4 is 18.0 Å². The Balaban J connectivity index is 1.28. The van der Waals surface area contributed by atoms with E-state index >= 15 is 0 Å². The molecule has 31 heavy (non-hydrogen) atoms. The van der Waals surface area contributed by atoms with Gasteiger partial charge >= 0.3 is 12.1 Å². The molecule has 0 fully saturated rings. The average Bonchev–Trinajstić information content (AvgIpc) is 3.12. The normalized spacial score (nSPS) is 15.6. The molecule has 3 amide bonds. The summed E-state index contributed by atoms with van der Waals surface area (Å²) in [6.45, 7) is 1.68. The quantitative estimate of drug-likeness (QED) is 0.696. The first-order valence-electron chi connectivity index (χ1n) is 10.2. The lowest BCUT2D eigenvalue weighted by Gasteiger charge is -2.19. The molecule has 2 aromatic carbocycles. The Bertz CT molecular complexity index is 1010. The van der Waals surface area contributed by atoms with Crippen LogP contribution in [0.3, 0.4) is 0 Å². The Kier molecular flexibility index (Phi) is 6.26. The standard InChI is InChI=1S/C23H23FN4O3/c24-19-10-8-18(9-11-19)15-27-13-14-28-16-20(31-23(28)26-22(27)30)21(29)25-12-4-7-17-5-2-1-3-6-17/h1-3,5-6,8-11,16H,4,7,12-15H2,(H,25,29). The molecule has 2 aliphatic rings. The zero-order chi connectivity index (χ0) is 21.6. The summed E-state index contributed by atoms with van der Waals surface area (Å²) < 4.78 is 18.6. The highest BCUT2D eigenvalue weighted by molar-refractivity contribution is 5.99. The third-order valence-corrected chi connectivity index (χ3v) is 5.07. The summed E-state index contributed by atoms with van der Waals surface area (Å²) >= 11 is 0. The number of nitrogens with one attached hydrogen (secondary N) is 1. The van der Waals surface area contributed by atoms with Crippen LogP contribution in [0.15, 0.2) is 71.5 Å². The van der Waals surface area contributed by atoms with Crippen molar-refractivity contribution in [3.63, 3.8) is 0 Å². The molecule has 0 unspecified atom stereocenters. The van der Waals surface area contributed by atoms with Crippen LogP contribution in [0.25, 0.3) is 0 Å².